The minimum atomic E-state index is -0.274. The molecule has 1 aromatic heterocycles. The van der Waals surface area contributed by atoms with Gasteiger partial charge in [0.25, 0.3) is 0 Å². The molecule has 94 valence electrons. The van der Waals surface area contributed by atoms with Crippen LogP contribution in [0.2, 0.25) is 0 Å². The summed E-state index contributed by atoms with van der Waals surface area (Å²) in [5.41, 5.74) is 0.879. The number of aromatic nitrogens is 2. The Bertz CT molecular complexity index is 493. The van der Waals surface area contributed by atoms with Crippen LogP contribution in [-0.2, 0) is 17.9 Å². The van der Waals surface area contributed by atoms with Gasteiger partial charge in [-0.1, -0.05) is 12.1 Å². The summed E-state index contributed by atoms with van der Waals surface area (Å²) in [7, 11) is 0. The van der Waals surface area contributed by atoms with E-state index in [1.165, 1.54) is 12.1 Å². The summed E-state index contributed by atoms with van der Waals surface area (Å²) in [5, 5.41) is 6.79. The lowest BCUT2D eigenvalue weighted by molar-refractivity contribution is -0.121. The Morgan fingerprint density at radius 1 is 1.33 bits per heavy atom. The molecule has 1 aromatic carbocycles. The molecule has 0 fully saturated rings. The smallest absolute Gasteiger partial charge is 0.222 e. The fourth-order valence-electron chi connectivity index (χ4n) is 1.54. The monoisotopic (exact) mass is 247 g/mol. The van der Waals surface area contributed by atoms with Crippen molar-refractivity contribution in [3.05, 3.63) is 54.1 Å². The number of hydrogen-bond donors (Lipinski definition) is 1. The van der Waals surface area contributed by atoms with Crippen LogP contribution in [0.25, 0.3) is 0 Å². The van der Waals surface area contributed by atoms with Crippen molar-refractivity contribution in [1.82, 2.24) is 15.1 Å². The Hall–Kier alpha value is -2.17. The fraction of sp³-hybridized carbons (Fsp3) is 0.231. The average molecular weight is 247 g/mol. The third-order valence-corrected chi connectivity index (χ3v) is 2.53. The van der Waals surface area contributed by atoms with Crippen molar-refractivity contribution in [2.75, 3.05) is 0 Å². The predicted molar refractivity (Wildman–Crippen MR) is 65.1 cm³/mol. The lowest BCUT2D eigenvalue weighted by Gasteiger charge is -2.05. The number of nitrogens with one attached hydrogen (secondary N) is 1. The molecular formula is C13H14FN3O. The number of halogens is 1. The van der Waals surface area contributed by atoms with Crippen molar-refractivity contribution in [1.29, 1.82) is 0 Å². The van der Waals surface area contributed by atoms with Gasteiger partial charge in [0, 0.05) is 31.9 Å². The first-order valence-electron chi connectivity index (χ1n) is 5.72. The van der Waals surface area contributed by atoms with E-state index in [2.05, 4.69) is 10.4 Å². The van der Waals surface area contributed by atoms with Crippen LogP contribution in [-0.4, -0.2) is 15.7 Å². The van der Waals surface area contributed by atoms with Gasteiger partial charge in [0.15, 0.2) is 0 Å². The summed E-state index contributed by atoms with van der Waals surface area (Å²) < 4.78 is 14.4. The number of rotatable bonds is 5. The summed E-state index contributed by atoms with van der Waals surface area (Å²) in [6, 6.07) is 7.89. The molecule has 0 aliphatic carbocycles. The highest BCUT2D eigenvalue weighted by Crippen LogP contribution is 2.02. The summed E-state index contributed by atoms with van der Waals surface area (Å²) >= 11 is 0. The Morgan fingerprint density at radius 2 is 2.11 bits per heavy atom. The molecule has 18 heavy (non-hydrogen) atoms. The molecule has 0 unspecified atom stereocenters. The van der Waals surface area contributed by atoms with Crippen molar-refractivity contribution >= 4 is 5.91 Å². The molecule has 0 aliphatic rings. The zero-order valence-corrected chi connectivity index (χ0v) is 9.84. The van der Waals surface area contributed by atoms with Crippen LogP contribution in [0, 0.1) is 5.82 Å². The Labute approximate surface area is 104 Å². The highest BCUT2D eigenvalue weighted by atomic mass is 19.1. The standard InChI is InChI=1S/C13H14FN3O/c14-12-4-2-11(3-5-12)10-15-13(18)6-9-17-8-1-7-16-17/h1-5,7-8H,6,9-10H2,(H,15,18). The number of amides is 1. The van der Waals surface area contributed by atoms with E-state index in [-0.39, 0.29) is 11.7 Å². The number of carbonyl (C=O) groups excluding carboxylic acids is 1. The van der Waals surface area contributed by atoms with Gasteiger partial charge in [0.1, 0.15) is 5.82 Å². The van der Waals surface area contributed by atoms with Crippen LogP contribution in [0.3, 0.4) is 0 Å². The highest BCUT2D eigenvalue weighted by molar-refractivity contribution is 5.75. The van der Waals surface area contributed by atoms with Gasteiger partial charge >= 0.3 is 0 Å². The summed E-state index contributed by atoms with van der Waals surface area (Å²) in [6.45, 7) is 0.973. The molecular weight excluding hydrogens is 233 g/mol. The quantitative estimate of drug-likeness (QED) is 0.874. The highest BCUT2D eigenvalue weighted by Gasteiger charge is 2.02. The van der Waals surface area contributed by atoms with E-state index in [1.54, 1.807) is 23.0 Å². The van der Waals surface area contributed by atoms with Crippen molar-refractivity contribution < 1.29 is 9.18 Å². The first kappa shape index (κ1) is 12.3. The molecule has 2 rings (SSSR count). The third-order valence-electron chi connectivity index (χ3n) is 2.53. The van der Waals surface area contributed by atoms with Gasteiger partial charge in [-0.3, -0.25) is 9.48 Å². The predicted octanol–water partition coefficient (Wildman–Crippen LogP) is 1.73. The number of carbonyl (C=O) groups is 1. The van der Waals surface area contributed by atoms with Crippen molar-refractivity contribution in [2.24, 2.45) is 0 Å². The molecule has 4 nitrogen and oxygen atoms in total. The van der Waals surface area contributed by atoms with E-state index in [1.807, 2.05) is 12.3 Å². The number of aryl methyl sites for hydroxylation is 1. The maximum Gasteiger partial charge on any atom is 0.222 e. The van der Waals surface area contributed by atoms with Crippen LogP contribution >= 0.6 is 0 Å². The van der Waals surface area contributed by atoms with Crippen LogP contribution in [0.5, 0.6) is 0 Å². The zero-order valence-electron chi connectivity index (χ0n) is 9.84. The Balaban J connectivity index is 1.73. The van der Waals surface area contributed by atoms with Gasteiger partial charge < -0.3 is 5.32 Å². The molecule has 0 spiro atoms. The van der Waals surface area contributed by atoms with Crippen molar-refractivity contribution in [3.8, 4) is 0 Å². The molecule has 0 atom stereocenters. The first-order chi connectivity index (χ1) is 8.74. The summed E-state index contributed by atoms with van der Waals surface area (Å²) in [6.07, 6.45) is 3.87. The maximum atomic E-state index is 12.7. The lowest BCUT2D eigenvalue weighted by atomic mass is 10.2. The van der Waals surface area contributed by atoms with Crippen molar-refractivity contribution in [2.45, 2.75) is 19.5 Å². The van der Waals surface area contributed by atoms with Gasteiger partial charge in [0.2, 0.25) is 5.91 Å². The second-order valence-electron chi connectivity index (χ2n) is 3.92. The van der Waals surface area contributed by atoms with E-state index in [9.17, 15) is 9.18 Å². The molecule has 0 saturated heterocycles. The van der Waals surface area contributed by atoms with E-state index in [0.717, 1.165) is 5.56 Å². The second-order valence-corrected chi connectivity index (χ2v) is 3.92. The van der Waals surface area contributed by atoms with Gasteiger partial charge in [-0.25, -0.2) is 4.39 Å². The normalized spacial score (nSPS) is 10.3. The molecule has 1 N–H and O–H groups in total. The maximum absolute atomic E-state index is 12.7. The molecule has 0 bridgehead atoms. The largest absolute Gasteiger partial charge is 0.352 e. The number of nitrogens with zero attached hydrogens (tertiary/aromatic N) is 2. The Morgan fingerprint density at radius 3 is 2.78 bits per heavy atom. The average Bonchev–Trinajstić information content (AvgIpc) is 2.89. The molecule has 2 aromatic rings. The zero-order chi connectivity index (χ0) is 12.8. The first-order valence-corrected chi connectivity index (χ1v) is 5.72. The van der Waals surface area contributed by atoms with Gasteiger partial charge in [0.05, 0.1) is 0 Å². The topological polar surface area (TPSA) is 46.9 Å². The van der Waals surface area contributed by atoms with E-state index < -0.39 is 0 Å². The van der Waals surface area contributed by atoms with Gasteiger partial charge in [-0.05, 0) is 23.8 Å². The van der Waals surface area contributed by atoms with E-state index in [4.69, 9.17) is 0 Å². The van der Waals surface area contributed by atoms with Crippen LogP contribution in [0.1, 0.15) is 12.0 Å². The van der Waals surface area contributed by atoms with Gasteiger partial charge in [-0.2, -0.15) is 5.10 Å². The minimum absolute atomic E-state index is 0.0465. The Kier molecular flexibility index (Phi) is 4.06. The van der Waals surface area contributed by atoms with Crippen molar-refractivity contribution in [3.63, 3.8) is 0 Å². The molecule has 5 heteroatoms. The van der Waals surface area contributed by atoms with Crippen LogP contribution < -0.4 is 5.32 Å². The van der Waals surface area contributed by atoms with Crippen LogP contribution in [0.4, 0.5) is 4.39 Å². The number of benzene rings is 1. The molecule has 0 radical (unpaired) electrons. The third kappa shape index (κ3) is 3.69. The fourth-order valence-corrected chi connectivity index (χ4v) is 1.54. The molecule has 0 saturated carbocycles. The summed E-state index contributed by atoms with van der Waals surface area (Å²) in [5.74, 6) is -0.321. The molecule has 1 amide bonds. The molecule has 1 heterocycles. The second kappa shape index (κ2) is 5.95. The van der Waals surface area contributed by atoms with E-state index in [0.29, 0.717) is 19.5 Å². The van der Waals surface area contributed by atoms with Crippen LogP contribution in [0.15, 0.2) is 42.7 Å². The minimum Gasteiger partial charge on any atom is -0.352 e. The van der Waals surface area contributed by atoms with E-state index >= 15 is 0 Å². The lowest BCUT2D eigenvalue weighted by Crippen LogP contribution is -2.24. The summed E-state index contributed by atoms with van der Waals surface area (Å²) in [4.78, 5) is 11.6. The SMILES string of the molecule is O=C(CCn1cccn1)NCc1ccc(F)cc1. The number of hydrogen-bond acceptors (Lipinski definition) is 2. The van der Waals surface area contributed by atoms with Gasteiger partial charge in [-0.15, -0.1) is 0 Å². The molecule has 0 aliphatic heterocycles.